The van der Waals surface area contributed by atoms with Gasteiger partial charge in [0.1, 0.15) is 6.10 Å². The van der Waals surface area contributed by atoms with Gasteiger partial charge in [-0.1, -0.05) is 66.7 Å². The summed E-state index contributed by atoms with van der Waals surface area (Å²) in [6, 6.07) is 23.6. The van der Waals surface area contributed by atoms with Crippen molar-refractivity contribution in [3.05, 3.63) is 95.1 Å². The Hall–Kier alpha value is -3.20. The monoisotopic (exact) mass is 325 g/mol. The fourth-order valence-corrected chi connectivity index (χ4v) is 3.62. The van der Waals surface area contributed by atoms with Gasteiger partial charge in [-0.05, 0) is 17.2 Å². The van der Waals surface area contributed by atoms with Crippen molar-refractivity contribution < 1.29 is 9.53 Å². The molecule has 1 atom stereocenters. The van der Waals surface area contributed by atoms with E-state index in [0.717, 1.165) is 33.4 Å². The van der Waals surface area contributed by atoms with E-state index in [-0.39, 0.29) is 11.9 Å². The zero-order valence-electron chi connectivity index (χ0n) is 13.5. The first-order valence-corrected chi connectivity index (χ1v) is 8.36. The van der Waals surface area contributed by atoms with Gasteiger partial charge in [0.05, 0.1) is 6.54 Å². The van der Waals surface area contributed by atoms with Crippen LogP contribution in [0.3, 0.4) is 0 Å². The second-order valence-corrected chi connectivity index (χ2v) is 6.27. The standard InChI is InChI=1S/C22H15NO2/c24-21-16-10-5-4-9-15(16)20-17(21)11-6-12-18(20)22-23-13-19(25-22)14-7-2-1-3-8-14/h1-12,19H,13H2. The van der Waals surface area contributed by atoms with Crippen LogP contribution in [0.15, 0.2) is 77.8 Å². The van der Waals surface area contributed by atoms with E-state index < -0.39 is 0 Å². The third kappa shape index (κ3) is 2.13. The van der Waals surface area contributed by atoms with Crippen molar-refractivity contribution in [3.8, 4) is 11.1 Å². The molecule has 1 aliphatic heterocycles. The first-order valence-electron chi connectivity index (χ1n) is 8.36. The number of ketones is 1. The molecule has 0 bridgehead atoms. The lowest BCUT2D eigenvalue weighted by Crippen LogP contribution is -2.08. The molecule has 3 aromatic rings. The SMILES string of the molecule is O=C1c2ccccc2-c2c1cccc2C1=NCC(c2ccccc2)O1. The fraction of sp³-hybridized carbons (Fsp3) is 0.0909. The largest absolute Gasteiger partial charge is 0.467 e. The van der Waals surface area contributed by atoms with Gasteiger partial charge < -0.3 is 4.74 Å². The number of fused-ring (bicyclic) bond motifs is 3. The first-order chi connectivity index (χ1) is 12.3. The summed E-state index contributed by atoms with van der Waals surface area (Å²) in [5.41, 5.74) is 5.40. The minimum absolute atomic E-state index is 0.0700. The molecular weight excluding hydrogens is 310 g/mol. The predicted octanol–water partition coefficient (Wildman–Crippen LogP) is 4.42. The molecule has 0 amide bonds. The maximum absolute atomic E-state index is 12.7. The summed E-state index contributed by atoms with van der Waals surface area (Å²) >= 11 is 0. The highest BCUT2D eigenvalue weighted by Gasteiger charge is 2.32. The van der Waals surface area contributed by atoms with Gasteiger partial charge in [0, 0.05) is 22.3 Å². The van der Waals surface area contributed by atoms with Gasteiger partial charge in [-0.25, -0.2) is 4.99 Å². The van der Waals surface area contributed by atoms with Crippen molar-refractivity contribution in [1.82, 2.24) is 0 Å². The maximum atomic E-state index is 12.7. The normalized spacial score (nSPS) is 17.7. The van der Waals surface area contributed by atoms with Crippen molar-refractivity contribution >= 4 is 11.7 Å². The molecule has 3 nitrogen and oxygen atoms in total. The summed E-state index contributed by atoms with van der Waals surface area (Å²) in [5.74, 6) is 0.695. The fourth-order valence-electron chi connectivity index (χ4n) is 3.62. The van der Waals surface area contributed by atoms with Crippen LogP contribution in [0.2, 0.25) is 0 Å². The molecule has 2 aliphatic rings. The smallest absolute Gasteiger partial charge is 0.217 e. The van der Waals surface area contributed by atoms with Crippen molar-refractivity contribution in [2.24, 2.45) is 4.99 Å². The molecular formula is C22H15NO2. The molecule has 1 unspecified atom stereocenters. The molecule has 120 valence electrons. The van der Waals surface area contributed by atoms with Gasteiger partial charge in [-0.15, -0.1) is 0 Å². The Morgan fingerprint density at radius 2 is 1.44 bits per heavy atom. The van der Waals surface area contributed by atoms with E-state index in [2.05, 4.69) is 17.1 Å². The number of hydrogen-bond acceptors (Lipinski definition) is 3. The molecule has 0 saturated carbocycles. The van der Waals surface area contributed by atoms with Crippen LogP contribution in [-0.4, -0.2) is 18.2 Å². The van der Waals surface area contributed by atoms with Gasteiger partial charge in [0.25, 0.3) is 0 Å². The second-order valence-electron chi connectivity index (χ2n) is 6.27. The topological polar surface area (TPSA) is 38.7 Å². The zero-order valence-corrected chi connectivity index (χ0v) is 13.5. The molecule has 3 aromatic carbocycles. The molecule has 0 fully saturated rings. The summed E-state index contributed by atoms with van der Waals surface area (Å²) < 4.78 is 6.15. The van der Waals surface area contributed by atoms with Crippen LogP contribution in [0.5, 0.6) is 0 Å². The van der Waals surface area contributed by atoms with E-state index in [0.29, 0.717) is 12.4 Å². The van der Waals surface area contributed by atoms with Crippen molar-refractivity contribution in [3.63, 3.8) is 0 Å². The lowest BCUT2D eigenvalue weighted by atomic mass is 9.99. The van der Waals surface area contributed by atoms with Crippen molar-refractivity contribution in [1.29, 1.82) is 0 Å². The van der Waals surface area contributed by atoms with Crippen LogP contribution in [0.25, 0.3) is 11.1 Å². The molecule has 5 rings (SSSR count). The Morgan fingerprint density at radius 1 is 0.760 bits per heavy atom. The van der Waals surface area contributed by atoms with Gasteiger partial charge in [-0.2, -0.15) is 0 Å². The number of nitrogens with zero attached hydrogens (tertiary/aromatic N) is 1. The summed E-state index contributed by atoms with van der Waals surface area (Å²) in [6.45, 7) is 0.596. The second kappa shape index (κ2) is 5.42. The molecule has 25 heavy (non-hydrogen) atoms. The Morgan fingerprint density at radius 3 is 2.28 bits per heavy atom. The molecule has 3 heteroatoms. The minimum atomic E-state index is -0.0700. The van der Waals surface area contributed by atoms with Gasteiger partial charge in [-0.3, -0.25) is 4.79 Å². The Bertz CT molecular complexity index is 1020. The van der Waals surface area contributed by atoms with Gasteiger partial charge >= 0.3 is 0 Å². The number of aliphatic imine (C=N–C) groups is 1. The molecule has 0 radical (unpaired) electrons. The van der Waals surface area contributed by atoms with E-state index in [1.54, 1.807) is 0 Å². The third-order valence-corrected chi connectivity index (χ3v) is 4.81. The average Bonchev–Trinajstić information content (AvgIpc) is 3.27. The Balaban J connectivity index is 1.57. The lowest BCUT2D eigenvalue weighted by molar-refractivity contribution is 0.104. The number of benzene rings is 3. The predicted molar refractivity (Wildman–Crippen MR) is 97.0 cm³/mol. The highest BCUT2D eigenvalue weighted by molar-refractivity contribution is 6.24. The highest BCUT2D eigenvalue weighted by Crippen LogP contribution is 2.40. The van der Waals surface area contributed by atoms with E-state index in [4.69, 9.17) is 4.74 Å². The summed E-state index contributed by atoms with van der Waals surface area (Å²) in [4.78, 5) is 17.3. The summed E-state index contributed by atoms with van der Waals surface area (Å²) in [5, 5.41) is 0. The van der Waals surface area contributed by atoms with Crippen LogP contribution < -0.4 is 0 Å². The van der Waals surface area contributed by atoms with E-state index in [1.165, 1.54) is 0 Å². The minimum Gasteiger partial charge on any atom is -0.467 e. The Labute approximate surface area is 145 Å². The van der Waals surface area contributed by atoms with Crippen molar-refractivity contribution in [2.45, 2.75) is 6.10 Å². The number of carbonyl (C=O) groups is 1. The summed E-state index contributed by atoms with van der Waals surface area (Å²) in [6.07, 6.45) is -0.0700. The van der Waals surface area contributed by atoms with Crippen LogP contribution >= 0.6 is 0 Å². The Kier molecular flexibility index (Phi) is 3.07. The molecule has 0 spiro atoms. The van der Waals surface area contributed by atoms with E-state index >= 15 is 0 Å². The zero-order chi connectivity index (χ0) is 16.8. The van der Waals surface area contributed by atoms with Crippen LogP contribution in [0, 0.1) is 0 Å². The average molecular weight is 325 g/mol. The molecule has 1 aliphatic carbocycles. The number of hydrogen-bond donors (Lipinski definition) is 0. The van der Waals surface area contributed by atoms with E-state index in [1.807, 2.05) is 60.7 Å². The highest BCUT2D eigenvalue weighted by atomic mass is 16.5. The summed E-state index contributed by atoms with van der Waals surface area (Å²) in [7, 11) is 0. The van der Waals surface area contributed by atoms with E-state index in [9.17, 15) is 4.79 Å². The molecule has 1 heterocycles. The van der Waals surface area contributed by atoms with Gasteiger partial charge in [0.15, 0.2) is 5.78 Å². The maximum Gasteiger partial charge on any atom is 0.217 e. The van der Waals surface area contributed by atoms with Gasteiger partial charge in [0.2, 0.25) is 5.90 Å². The van der Waals surface area contributed by atoms with Crippen LogP contribution in [0.1, 0.15) is 33.2 Å². The molecule has 0 aromatic heterocycles. The van der Waals surface area contributed by atoms with Crippen molar-refractivity contribution in [2.75, 3.05) is 6.54 Å². The molecule has 0 saturated heterocycles. The number of ether oxygens (including phenoxy) is 1. The quantitative estimate of drug-likeness (QED) is 0.547. The first kappa shape index (κ1) is 14.2. The number of carbonyl (C=O) groups excluding carboxylic acids is 1. The third-order valence-electron chi connectivity index (χ3n) is 4.81. The number of rotatable bonds is 2. The molecule has 0 N–H and O–H groups in total. The van der Waals surface area contributed by atoms with Crippen LogP contribution in [0.4, 0.5) is 0 Å². The van der Waals surface area contributed by atoms with Crippen LogP contribution in [-0.2, 0) is 4.74 Å². The lowest BCUT2D eigenvalue weighted by Gasteiger charge is -2.13.